The highest BCUT2D eigenvalue weighted by atomic mass is 16.4. The first kappa shape index (κ1) is 13.2. The molecule has 0 atom stereocenters. The van der Waals surface area contributed by atoms with E-state index in [1.54, 1.807) is 12.1 Å². The summed E-state index contributed by atoms with van der Waals surface area (Å²) in [6, 6.07) is 3.12. The van der Waals surface area contributed by atoms with Crippen molar-refractivity contribution in [1.82, 2.24) is 19.9 Å². The van der Waals surface area contributed by atoms with Crippen molar-refractivity contribution in [3.63, 3.8) is 0 Å². The fourth-order valence-corrected chi connectivity index (χ4v) is 0.819. The van der Waals surface area contributed by atoms with Gasteiger partial charge in [-0.3, -0.25) is 0 Å². The summed E-state index contributed by atoms with van der Waals surface area (Å²) in [4.78, 5) is 34.0. The summed E-state index contributed by atoms with van der Waals surface area (Å²) in [5.74, 6) is -2.54. The Labute approximate surface area is 101 Å². The van der Waals surface area contributed by atoms with Gasteiger partial charge in [0.2, 0.25) is 11.6 Å². The quantitative estimate of drug-likeness (QED) is 0.779. The second-order valence-corrected chi connectivity index (χ2v) is 2.76. The van der Waals surface area contributed by atoms with Gasteiger partial charge in [0.1, 0.15) is 0 Å². The normalized spacial score (nSPS) is 8.89. The lowest BCUT2D eigenvalue weighted by molar-refractivity contribution is 0.0673. The zero-order chi connectivity index (χ0) is 13.4. The van der Waals surface area contributed by atoms with E-state index < -0.39 is 11.9 Å². The Bertz CT molecular complexity index is 468. The van der Waals surface area contributed by atoms with E-state index >= 15 is 0 Å². The van der Waals surface area contributed by atoms with Crippen molar-refractivity contribution in [2.45, 2.75) is 0 Å². The zero-order valence-corrected chi connectivity index (χ0v) is 8.96. The summed E-state index contributed by atoms with van der Waals surface area (Å²) in [6.07, 6.45) is 5.54. The van der Waals surface area contributed by atoms with E-state index in [4.69, 9.17) is 10.2 Å². The molecule has 0 aliphatic carbocycles. The van der Waals surface area contributed by atoms with Crippen molar-refractivity contribution in [3.8, 4) is 0 Å². The van der Waals surface area contributed by atoms with Crippen LogP contribution in [-0.2, 0) is 0 Å². The van der Waals surface area contributed by atoms with Gasteiger partial charge in [-0.1, -0.05) is 0 Å². The Morgan fingerprint density at radius 2 is 1.00 bits per heavy atom. The van der Waals surface area contributed by atoms with Crippen LogP contribution in [0.3, 0.4) is 0 Å². The molecule has 2 N–H and O–H groups in total. The van der Waals surface area contributed by atoms with E-state index in [9.17, 15) is 9.59 Å². The molecule has 0 saturated carbocycles. The van der Waals surface area contributed by atoms with Gasteiger partial charge in [-0.25, -0.2) is 29.5 Å². The maximum Gasteiger partial charge on any atom is 0.373 e. The highest BCUT2D eigenvalue weighted by Crippen LogP contribution is 1.85. The lowest BCUT2D eigenvalue weighted by Crippen LogP contribution is -2.01. The van der Waals surface area contributed by atoms with Crippen molar-refractivity contribution < 1.29 is 19.8 Å². The average molecular weight is 248 g/mol. The SMILES string of the molecule is O=C(O)c1ncccn1.O=C(O)c1ncccn1. The number of nitrogens with zero attached hydrogens (tertiary/aromatic N) is 4. The van der Waals surface area contributed by atoms with Crippen LogP contribution in [0.4, 0.5) is 0 Å². The van der Waals surface area contributed by atoms with Gasteiger partial charge in [0.15, 0.2) is 0 Å². The Hall–Kier alpha value is -2.90. The summed E-state index contributed by atoms with van der Waals surface area (Å²) in [7, 11) is 0. The average Bonchev–Trinajstić information content (AvgIpc) is 2.41. The molecule has 2 aromatic rings. The number of hydrogen-bond donors (Lipinski definition) is 2. The Morgan fingerprint density at radius 3 is 1.17 bits per heavy atom. The van der Waals surface area contributed by atoms with Crippen molar-refractivity contribution in [3.05, 3.63) is 48.6 Å². The minimum absolute atomic E-state index is 0.169. The van der Waals surface area contributed by atoms with Gasteiger partial charge in [-0.05, 0) is 12.1 Å². The molecule has 0 aromatic carbocycles. The van der Waals surface area contributed by atoms with Crippen LogP contribution < -0.4 is 0 Å². The summed E-state index contributed by atoms with van der Waals surface area (Å²) in [5.41, 5.74) is 0. The van der Waals surface area contributed by atoms with E-state index in [0.717, 1.165) is 0 Å². The van der Waals surface area contributed by atoms with Crippen molar-refractivity contribution >= 4 is 11.9 Å². The van der Waals surface area contributed by atoms with Gasteiger partial charge in [-0.15, -0.1) is 0 Å². The van der Waals surface area contributed by atoms with E-state index in [1.165, 1.54) is 24.8 Å². The van der Waals surface area contributed by atoms with Crippen molar-refractivity contribution in [2.75, 3.05) is 0 Å². The van der Waals surface area contributed by atoms with Crippen LogP contribution >= 0.6 is 0 Å². The topological polar surface area (TPSA) is 126 Å². The summed E-state index contributed by atoms with van der Waals surface area (Å²) in [6.45, 7) is 0. The largest absolute Gasteiger partial charge is 0.475 e. The number of carbonyl (C=O) groups is 2. The number of rotatable bonds is 2. The van der Waals surface area contributed by atoms with Crippen molar-refractivity contribution in [1.29, 1.82) is 0 Å². The first-order valence-electron chi connectivity index (χ1n) is 4.62. The predicted octanol–water partition coefficient (Wildman–Crippen LogP) is 0.350. The number of aromatic nitrogens is 4. The van der Waals surface area contributed by atoms with Gasteiger partial charge >= 0.3 is 11.9 Å². The fourth-order valence-electron chi connectivity index (χ4n) is 0.819. The molecule has 8 nitrogen and oxygen atoms in total. The summed E-state index contributed by atoms with van der Waals surface area (Å²) in [5, 5.41) is 16.5. The highest BCUT2D eigenvalue weighted by Gasteiger charge is 2.02. The first-order chi connectivity index (χ1) is 8.61. The van der Waals surface area contributed by atoms with Crippen LogP contribution in [0.5, 0.6) is 0 Å². The van der Waals surface area contributed by atoms with Crippen LogP contribution in [0.15, 0.2) is 36.9 Å². The van der Waals surface area contributed by atoms with E-state index in [0.29, 0.717) is 0 Å². The molecule has 0 spiro atoms. The number of hydrogen-bond acceptors (Lipinski definition) is 6. The fraction of sp³-hybridized carbons (Fsp3) is 0. The lowest BCUT2D eigenvalue weighted by atomic mass is 10.6. The molecule has 2 aromatic heterocycles. The predicted molar refractivity (Wildman–Crippen MR) is 58.0 cm³/mol. The number of carboxylic acids is 2. The van der Waals surface area contributed by atoms with Crippen LogP contribution in [0.2, 0.25) is 0 Å². The lowest BCUT2D eigenvalue weighted by Gasteiger charge is -1.86. The molecular formula is C10H8N4O4. The van der Waals surface area contributed by atoms with Gasteiger partial charge in [0, 0.05) is 24.8 Å². The van der Waals surface area contributed by atoms with Gasteiger partial charge in [0.05, 0.1) is 0 Å². The van der Waals surface area contributed by atoms with Gasteiger partial charge < -0.3 is 10.2 Å². The van der Waals surface area contributed by atoms with Crippen LogP contribution in [0, 0.1) is 0 Å². The van der Waals surface area contributed by atoms with Gasteiger partial charge in [0.25, 0.3) is 0 Å². The minimum atomic E-state index is -1.10. The molecule has 2 rings (SSSR count). The Balaban J connectivity index is 0.000000180. The smallest absolute Gasteiger partial charge is 0.373 e. The molecule has 2 heterocycles. The van der Waals surface area contributed by atoms with E-state index in [1.807, 2.05) is 0 Å². The minimum Gasteiger partial charge on any atom is -0.475 e. The van der Waals surface area contributed by atoms with Crippen LogP contribution in [-0.4, -0.2) is 42.1 Å². The maximum atomic E-state index is 10.1. The first-order valence-corrected chi connectivity index (χ1v) is 4.62. The monoisotopic (exact) mass is 248 g/mol. The summed E-state index contributed by atoms with van der Waals surface area (Å²) < 4.78 is 0. The molecule has 0 amide bonds. The molecule has 0 fully saturated rings. The number of carboxylic acid groups (broad SMARTS) is 2. The third-order valence-corrected chi connectivity index (χ3v) is 1.51. The van der Waals surface area contributed by atoms with E-state index in [2.05, 4.69) is 19.9 Å². The standard InChI is InChI=1S/2C5H4N2O2/c2*8-5(9)4-6-2-1-3-7-4/h2*1-3H,(H,8,9). The third-order valence-electron chi connectivity index (χ3n) is 1.51. The molecule has 0 radical (unpaired) electrons. The van der Waals surface area contributed by atoms with Gasteiger partial charge in [-0.2, -0.15) is 0 Å². The van der Waals surface area contributed by atoms with Crippen LogP contribution in [0.25, 0.3) is 0 Å². The maximum absolute atomic E-state index is 10.1. The Kier molecular flexibility index (Phi) is 4.85. The van der Waals surface area contributed by atoms with Crippen LogP contribution in [0.1, 0.15) is 21.2 Å². The molecule has 92 valence electrons. The molecule has 0 unspecified atom stereocenters. The highest BCUT2D eigenvalue weighted by molar-refractivity contribution is 5.83. The molecule has 18 heavy (non-hydrogen) atoms. The van der Waals surface area contributed by atoms with E-state index in [-0.39, 0.29) is 11.6 Å². The molecule has 0 aliphatic rings. The summed E-state index contributed by atoms with van der Waals surface area (Å²) >= 11 is 0. The molecule has 0 saturated heterocycles. The second kappa shape index (κ2) is 6.63. The Morgan fingerprint density at radius 1 is 0.722 bits per heavy atom. The molecule has 0 bridgehead atoms. The second-order valence-electron chi connectivity index (χ2n) is 2.76. The zero-order valence-electron chi connectivity index (χ0n) is 8.96. The molecule has 0 aliphatic heterocycles. The third kappa shape index (κ3) is 4.31. The number of aromatic carboxylic acids is 2. The van der Waals surface area contributed by atoms with Crippen molar-refractivity contribution in [2.24, 2.45) is 0 Å². The molecular weight excluding hydrogens is 240 g/mol. The molecule has 8 heteroatoms.